The van der Waals surface area contributed by atoms with E-state index in [0.717, 1.165) is 60.2 Å². The molecule has 5 nitrogen and oxygen atoms in total. The molecule has 5 rings (SSSR count). The predicted molar refractivity (Wildman–Crippen MR) is 114 cm³/mol. The van der Waals surface area contributed by atoms with Crippen LogP contribution in [0.2, 0.25) is 0 Å². The third kappa shape index (κ3) is 3.14. The van der Waals surface area contributed by atoms with Gasteiger partial charge in [0.2, 0.25) is 5.95 Å². The van der Waals surface area contributed by atoms with Gasteiger partial charge in [-0.1, -0.05) is 48.5 Å². The summed E-state index contributed by atoms with van der Waals surface area (Å²) in [5.41, 5.74) is 5.27. The molecule has 28 heavy (non-hydrogen) atoms. The van der Waals surface area contributed by atoms with Gasteiger partial charge < -0.3 is 14.8 Å². The van der Waals surface area contributed by atoms with Gasteiger partial charge in [0, 0.05) is 54.4 Å². The van der Waals surface area contributed by atoms with Gasteiger partial charge in [-0.05, 0) is 19.2 Å². The second-order valence-electron chi connectivity index (χ2n) is 7.34. The lowest BCUT2D eigenvalue weighted by Crippen LogP contribution is -2.45. The number of nitrogens with zero attached hydrogens (tertiary/aromatic N) is 4. The van der Waals surface area contributed by atoms with Gasteiger partial charge in [-0.15, -0.1) is 0 Å². The molecule has 140 valence electrons. The number of fused-ring (bicyclic) bond motifs is 1. The number of piperazine rings is 1. The quantitative estimate of drug-likeness (QED) is 0.592. The third-order valence-corrected chi connectivity index (χ3v) is 5.44. The van der Waals surface area contributed by atoms with Crippen LogP contribution in [-0.2, 0) is 0 Å². The molecule has 5 heteroatoms. The average molecular weight is 369 g/mol. The first kappa shape index (κ1) is 17.0. The first-order valence-electron chi connectivity index (χ1n) is 9.72. The molecule has 2 aromatic heterocycles. The van der Waals surface area contributed by atoms with Crippen molar-refractivity contribution in [3.05, 3.63) is 66.9 Å². The van der Waals surface area contributed by atoms with Gasteiger partial charge in [0.25, 0.3) is 0 Å². The van der Waals surface area contributed by atoms with Gasteiger partial charge >= 0.3 is 0 Å². The molecule has 1 aliphatic heterocycles. The molecule has 2 aromatic carbocycles. The first-order chi connectivity index (χ1) is 13.8. The minimum Gasteiger partial charge on any atom is -0.360 e. The van der Waals surface area contributed by atoms with Crippen LogP contribution in [0.4, 0.5) is 5.95 Å². The summed E-state index contributed by atoms with van der Waals surface area (Å²) >= 11 is 0. The van der Waals surface area contributed by atoms with Gasteiger partial charge in [-0.25, -0.2) is 9.97 Å². The molecule has 3 heterocycles. The maximum absolute atomic E-state index is 4.98. The Kier molecular flexibility index (Phi) is 4.29. The van der Waals surface area contributed by atoms with Crippen molar-refractivity contribution in [2.45, 2.75) is 0 Å². The molecule has 0 amide bonds. The molecule has 0 spiro atoms. The Balaban J connectivity index is 1.65. The standard InChI is InChI=1S/C23H23N5/c1-27-11-13-28(14-12-27)23-25-21(17-7-3-2-4-8-17)15-22(26-23)19-16-24-20-10-6-5-9-18(19)20/h2-10,15-16,24H,11-14H2,1H3. The number of rotatable bonds is 3. The Morgan fingerprint density at radius 1 is 0.821 bits per heavy atom. The summed E-state index contributed by atoms with van der Waals surface area (Å²) in [6.07, 6.45) is 2.05. The van der Waals surface area contributed by atoms with Crippen LogP contribution in [-0.4, -0.2) is 53.1 Å². The van der Waals surface area contributed by atoms with E-state index in [9.17, 15) is 0 Å². The van der Waals surface area contributed by atoms with Crippen LogP contribution in [0.5, 0.6) is 0 Å². The van der Waals surface area contributed by atoms with E-state index in [1.807, 2.05) is 12.1 Å². The number of hydrogen-bond donors (Lipinski definition) is 1. The fourth-order valence-electron chi connectivity index (χ4n) is 3.76. The summed E-state index contributed by atoms with van der Waals surface area (Å²) in [4.78, 5) is 17.9. The first-order valence-corrected chi connectivity index (χ1v) is 9.72. The minimum absolute atomic E-state index is 0.815. The average Bonchev–Trinajstić information content (AvgIpc) is 3.19. The topological polar surface area (TPSA) is 48.0 Å². The van der Waals surface area contributed by atoms with Crippen molar-refractivity contribution >= 4 is 16.9 Å². The van der Waals surface area contributed by atoms with Crippen LogP contribution in [0.15, 0.2) is 66.9 Å². The summed E-state index contributed by atoms with van der Waals surface area (Å²) in [6.45, 7) is 3.95. The molecule has 1 saturated heterocycles. The van der Waals surface area contributed by atoms with Crippen molar-refractivity contribution < 1.29 is 0 Å². The lowest BCUT2D eigenvalue weighted by molar-refractivity contribution is 0.311. The van der Waals surface area contributed by atoms with Crippen LogP contribution in [0.1, 0.15) is 0 Å². The molecule has 0 atom stereocenters. The molecule has 1 aliphatic rings. The molecule has 4 aromatic rings. The Bertz CT molecular complexity index is 1090. The summed E-state index contributed by atoms with van der Waals surface area (Å²) in [6, 6.07) is 20.8. The Morgan fingerprint density at radius 3 is 2.36 bits per heavy atom. The molecule has 0 unspecified atom stereocenters. The van der Waals surface area contributed by atoms with E-state index >= 15 is 0 Å². The maximum atomic E-state index is 4.98. The zero-order valence-electron chi connectivity index (χ0n) is 16.0. The number of H-pyrrole nitrogens is 1. The van der Waals surface area contributed by atoms with E-state index in [1.165, 1.54) is 5.39 Å². The fraction of sp³-hybridized carbons (Fsp3) is 0.217. The Labute approximate surface area is 164 Å². The Morgan fingerprint density at radius 2 is 1.54 bits per heavy atom. The maximum Gasteiger partial charge on any atom is 0.226 e. The molecule has 1 N–H and O–H groups in total. The highest BCUT2D eigenvalue weighted by atomic mass is 15.3. The highest BCUT2D eigenvalue weighted by Gasteiger charge is 2.19. The zero-order chi connectivity index (χ0) is 18.9. The summed E-state index contributed by atoms with van der Waals surface area (Å²) < 4.78 is 0. The SMILES string of the molecule is CN1CCN(c2nc(-c3ccccc3)cc(-c3c[nH]c4ccccc34)n2)CC1. The van der Waals surface area contributed by atoms with E-state index < -0.39 is 0 Å². The molecule has 0 radical (unpaired) electrons. The van der Waals surface area contributed by atoms with Crippen LogP contribution in [0.3, 0.4) is 0 Å². The molecule has 0 bridgehead atoms. The monoisotopic (exact) mass is 369 g/mol. The van der Waals surface area contributed by atoms with Crippen molar-refractivity contribution in [2.24, 2.45) is 0 Å². The highest BCUT2D eigenvalue weighted by Crippen LogP contribution is 2.31. The van der Waals surface area contributed by atoms with Crippen molar-refractivity contribution in [3.8, 4) is 22.5 Å². The number of aromatic amines is 1. The lowest BCUT2D eigenvalue weighted by Gasteiger charge is -2.32. The number of anilines is 1. The highest BCUT2D eigenvalue weighted by molar-refractivity contribution is 5.95. The van der Waals surface area contributed by atoms with E-state index in [4.69, 9.17) is 9.97 Å². The molecule has 1 fully saturated rings. The van der Waals surface area contributed by atoms with E-state index in [2.05, 4.69) is 76.6 Å². The Hall–Kier alpha value is -3.18. The van der Waals surface area contributed by atoms with Crippen molar-refractivity contribution in [2.75, 3.05) is 38.1 Å². The van der Waals surface area contributed by atoms with Gasteiger partial charge in [0.15, 0.2) is 0 Å². The lowest BCUT2D eigenvalue weighted by atomic mass is 10.1. The molecular formula is C23H23N5. The van der Waals surface area contributed by atoms with Crippen LogP contribution >= 0.6 is 0 Å². The van der Waals surface area contributed by atoms with Crippen molar-refractivity contribution in [1.82, 2.24) is 19.9 Å². The number of hydrogen-bond acceptors (Lipinski definition) is 4. The number of likely N-dealkylation sites (N-methyl/N-ethyl adjacent to an activating group) is 1. The van der Waals surface area contributed by atoms with Gasteiger partial charge in [0.05, 0.1) is 11.4 Å². The van der Waals surface area contributed by atoms with Gasteiger partial charge in [0.1, 0.15) is 0 Å². The second kappa shape index (κ2) is 7.09. The van der Waals surface area contributed by atoms with E-state index in [0.29, 0.717) is 0 Å². The number of para-hydroxylation sites is 1. The minimum atomic E-state index is 0.815. The molecular weight excluding hydrogens is 346 g/mol. The van der Waals surface area contributed by atoms with Crippen molar-refractivity contribution in [3.63, 3.8) is 0 Å². The normalized spacial score (nSPS) is 15.2. The van der Waals surface area contributed by atoms with Gasteiger partial charge in [-0.2, -0.15) is 0 Å². The van der Waals surface area contributed by atoms with Crippen LogP contribution in [0.25, 0.3) is 33.4 Å². The fourth-order valence-corrected chi connectivity index (χ4v) is 3.76. The molecule has 0 saturated carbocycles. The summed E-state index contributed by atoms with van der Waals surface area (Å²) in [5, 5.41) is 1.18. The third-order valence-electron chi connectivity index (χ3n) is 5.44. The predicted octanol–water partition coefficient (Wildman–Crippen LogP) is 4.04. The number of benzene rings is 2. The zero-order valence-corrected chi connectivity index (χ0v) is 16.0. The number of nitrogens with one attached hydrogen (secondary N) is 1. The largest absolute Gasteiger partial charge is 0.360 e. The van der Waals surface area contributed by atoms with Crippen molar-refractivity contribution in [1.29, 1.82) is 0 Å². The second-order valence-corrected chi connectivity index (χ2v) is 7.34. The summed E-state index contributed by atoms with van der Waals surface area (Å²) in [5.74, 6) is 0.815. The number of aromatic nitrogens is 3. The van der Waals surface area contributed by atoms with Gasteiger partial charge in [-0.3, -0.25) is 0 Å². The smallest absolute Gasteiger partial charge is 0.226 e. The van der Waals surface area contributed by atoms with Crippen LogP contribution < -0.4 is 4.90 Å². The van der Waals surface area contributed by atoms with E-state index in [1.54, 1.807) is 0 Å². The van der Waals surface area contributed by atoms with E-state index in [-0.39, 0.29) is 0 Å². The molecule has 0 aliphatic carbocycles. The van der Waals surface area contributed by atoms with Crippen LogP contribution in [0, 0.1) is 0 Å². The summed E-state index contributed by atoms with van der Waals surface area (Å²) in [7, 11) is 2.16.